The van der Waals surface area contributed by atoms with Gasteiger partial charge in [-0.2, -0.15) is 0 Å². The first-order valence-corrected chi connectivity index (χ1v) is 9.92. The molecule has 0 atom stereocenters. The van der Waals surface area contributed by atoms with Gasteiger partial charge in [0.15, 0.2) is 0 Å². The van der Waals surface area contributed by atoms with Crippen LogP contribution in [0.5, 0.6) is 5.75 Å². The number of benzene rings is 2. The monoisotopic (exact) mass is 430 g/mol. The van der Waals surface area contributed by atoms with Crippen molar-refractivity contribution in [3.8, 4) is 5.75 Å². The number of anilines is 1. The number of hydrogen-bond acceptors (Lipinski definition) is 3. The topological polar surface area (TPSA) is 58.6 Å². The summed E-state index contributed by atoms with van der Waals surface area (Å²) in [5.74, 6) is 0.362. The van der Waals surface area contributed by atoms with Gasteiger partial charge in [-0.1, -0.05) is 25.0 Å². The van der Waals surface area contributed by atoms with Crippen LogP contribution in [0.15, 0.2) is 46.9 Å². The van der Waals surface area contributed by atoms with Gasteiger partial charge in [-0.05, 0) is 59.1 Å². The normalized spacial score (nSPS) is 14.4. The molecule has 1 aliphatic heterocycles. The van der Waals surface area contributed by atoms with E-state index < -0.39 is 0 Å². The van der Waals surface area contributed by atoms with Crippen LogP contribution in [-0.4, -0.2) is 36.9 Å². The van der Waals surface area contributed by atoms with Gasteiger partial charge in [0.1, 0.15) is 5.75 Å². The van der Waals surface area contributed by atoms with E-state index >= 15 is 0 Å². The van der Waals surface area contributed by atoms with E-state index in [1.54, 1.807) is 37.4 Å². The fraction of sp³-hybridized carbons (Fsp3) is 0.333. The SMILES string of the molecule is COc1ccc(C(=O)Nc2ccccc2C(=O)N2CCCCCC2)cc1Br. The summed E-state index contributed by atoms with van der Waals surface area (Å²) < 4.78 is 5.90. The highest BCUT2D eigenvalue weighted by molar-refractivity contribution is 9.10. The molecular formula is C21H23BrN2O3. The van der Waals surface area contributed by atoms with Crippen LogP contribution in [0, 0.1) is 0 Å². The second-order valence-corrected chi connectivity index (χ2v) is 7.41. The molecule has 0 spiro atoms. The molecule has 142 valence electrons. The van der Waals surface area contributed by atoms with Crippen LogP contribution in [0.1, 0.15) is 46.4 Å². The lowest BCUT2D eigenvalue weighted by Crippen LogP contribution is -2.32. The van der Waals surface area contributed by atoms with Crippen molar-refractivity contribution in [1.82, 2.24) is 4.90 Å². The fourth-order valence-corrected chi connectivity index (χ4v) is 3.77. The number of nitrogens with one attached hydrogen (secondary N) is 1. The summed E-state index contributed by atoms with van der Waals surface area (Å²) in [7, 11) is 1.57. The Balaban J connectivity index is 1.80. The highest BCUT2D eigenvalue weighted by Crippen LogP contribution is 2.26. The average Bonchev–Trinajstić information content (AvgIpc) is 2.97. The van der Waals surface area contributed by atoms with Crippen LogP contribution in [0.4, 0.5) is 5.69 Å². The van der Waals surface area contributed by atoms with Gasteiger partial charge in [-0.3, -0.25) is 9.59 Å². The number of halogens is 1. The summed E-state index contributed by atoms with van der Waals surface area (Å²) in [5.41, 5.74) is 1.55. The first-order valence-electron chi connectivity index (χ1n) is 9.13. The number of para-hydroxylation sites is 1. The van der Waals surface area contributed by atoms with Crippen molar-refractivity contribution < 1.29 is 14.3 Å². The zero-order valence-corrected chi connectivity index (χ0v) is 16.9. The molecule has 0 saturated carbocycles. The van der Waals surface area contributed by atoms with Gasteiger partial charge in [-0.15, -0.1) is 0 Å². The number of amides is 2. The van der Waals surface area contributed by atoms with E-state index in [4.69, 9.17) is 4.74 Å². The van der Waals surface area contributed by atoms with Crippen LogP contribution in [-0.2, 0) is 0 Å². The molecule has 1 aliphatic rings. The maximum atomic E-state index is 13.0. The Labute approximate surface area is 167 Å². The smallest absolute Gasteiger partial charge is 0.255 e. The molecule has 1 fully saturated rings. The van der Waals surface area contributed by atoms with E-state index in [1.165, 1.54) is 0 Å². The second-order valence-electron chi connectivity index (χ2n) is 6.56. The second kappa shape index (κ2) is 9.04. The fourth-order valence-electron chi connectivity index (χ4n) is 3.22. The molecule has 0 bridgehead atoms. The third kappa shape index (κ3) is 4.69. The maximum absolute atomic E-state index is 13.0. The van der Waals surface area contributed by atoms with Crippen LogP contribution < -0.4 is 10.1 Å². The molecule has 0 unspecified atom stereocenters. The molecular weight excluding hydrogens is 408 g/mol. The van der Waals surface area contributed by atoms with Crippen molar-refractivity contribution in [2.75, 3.05) is 25.5 Å². The van der Waals surface area contributed by atoms with Crippen molar-refractivity contribution in [2.24, 2.45) is 0 Å². The van der Waals surface area contributed by atoms with Crippen LogP contribution in [0.2, 0.25) is 0 Å². The third-order valence-electron chi connectivity index (χ3n) is 4.71. The van der Waals surface area contributed by atoms with Crippen molar-refractivity contribution in [2.45, 2.75) is 25.7 Å². The van der Waals surface area contributed by atoms with Crippen LogP contribution in [0.3, 0.4) is 0 Å². The molecule has 1 N–H and O–H groups in total. The predicted molar refractivity (Wildman–Crippen MR) is 109 cm³/mol. The first-order chi connectivity index (χ1) is 13.1. The van der Waals surface area contributed by atoms with E-state index in [1.807, 2.05) is 17.0 Å². The largest absolute Gasteiger partial charge is 0.496 e. The zero-order valence-electron chi connectivity index (χ0n) is 15.3. The van der Waals surface area contributed by atoms with Gasteiger partial charge in [0.05, 0.1) is 22.8 Å². The minimum Gasteiger partial charge on any atom is -0.496 e. The predicted octanol–water partition coefficient (Wildman–Crippen LogP) is 4.73. The molecule has 0 radical (unpaired) electrons. The Hall–Kier alpha value is -2.34. The summed E-state index contributed by atoms with van der Waals surface area (Å²) in [4.78, 5) is 27.5. The first kappa shape index (κ1) is 19.4. The molecule has 2 aromatic rings. The molecule has 0 aromatic heterocycles. The quantitative estimate of drug-likeness (QED) is 0.762. The third-order valence-corrected chi connectivity index (χ3v) is 5.33. The number of carbonyl (C=O) groups is 2. The minimum atomic E-state index is -0.269. The molecule has 6 heteroatoms. The van der Waals surface area contributed by atoms with Crippen LogP contribution in [0.25, 0.3) is 0 Å². The number of methoxy groups -OCH3 is 1. The van der Waals surface area contributed by atoms with Gasteiger partial charge in [0.2, 0.25) is 0 Å². The summed E-state index contributed by atoms with van der Waals surface area (Å²) in [6.07, 6.45) is 4.38. The Morgan fingerprint density at radius 3 is 2.41 bits per heavy atom. The molecule has 0 aliphatic carbocycles. The summed E-state index contributed by atoms with van der Waals surface area (Å²) in [6.45, 7) is 1.54. The van der Waals surface area contributed by atoms with E-state index in [2.05, 4.69) is 21.2 Å². The zero-order chi connectivity index (χ0) is 19.2. The van der Waals surface area contributed by atoms with Gasteiger partial charge >= 0.3 is 0 Å². The Morgan fingerprint density at radius 2 is 1.74 bits per heavy atom. The van der Waals surface area contributed by atoms with Gasteiger partial charge in [0, 0.05) is 18.7 Å². The highest BCUT2D eigenvalue weighted by atomic mass is 79.9. The van der Waals surface area contributed by atoms with Gasteiger partial charge in [-0.25, -0.2) is 0 Å². The number of ether oxygens (including phenoxy) is 1. The maximum Gasteiger partial charge on any atom is 0.255 e. The molecule has 27 heavy (non-hydrogen) atoms. The van der Waals surface area contributed by atoms with E-state index in [0.717, 1.165) is 38.8 Å². The summed E-state index contributed by atoms with van der Waals surface area (Å²) in [6, 6.07) is 12.3. The number of hydrogen-bond donors (Lipinski definition) is 1. The molecule has 1 heterocycles. The lowest BCUT2D eigenvalue weighted by atomic mass is 10.1. The lowest BCUT2D eigenvalue weighted by Gasteiger charge is -2.22. The van der Waals surface area contributed by atoms with E-state index in [9.17, 15) is 9.59 Å². The summed E-state index contributed by atoms with van der Waals surface area (Å²) >= 11 is 3.39. The Bertz CT molecular complexity index is 830. The number of rotatable bonds is 4. The Kier molecular flexibility index (Phi) is 6.50. The number of nitrogens with zero attached hydrogens (tertiary/aromatic N) is 1. The van der Waals surface area contributed by atoms with Crippen molar-refractivity contribution in [3.63, 3.8) is 0 Å². The number of likely N-dealkylation sites (tertiary alicyclic amines) is 1. The average molecular weight is 431 g/mol. The molecule has 1 saturated heterocycles. The summed E-state index contributed by atoms with van der Waals surface area (Å²) in [5, 5.41) is 2.88. The minimum absolute atomic E-state index is 0.0243. The highest BCUT2D eigenvalue weighted by Gasteiger charge is 2.21. The van der Waals surface area contributed by atoms with E-state index in [-0.39, 0.29) is 11.8 Å². The van der Waals surface area contributed by atoms with Gasteiger partial charge in [0.25, 0.3) is 11.8 Å². The van der Waals surface area contributed by atoms with Crippen LogP contribution >= 0.6 is 15.9 Å². The van der Waals surface area contributed by atoms with Crippen molar-refractivity contribution in [1.29, 1.82) is 0 Å². The number of carbonyl (C=O) groups excluding carboxylic acids is 2. The standard InChI is InChI=1S/C21H23BrN2O3/c1-27-19-11-10-15(14-17(19)22)20(25)23-18-9-5-4-8-16(18)21(26)24-12-6-2-3-7-13-24/h4-5,8-11,14H,2-3,6-7,12-13H2,1H3,(H,23,25). The molecule has 2 amide bonds. The molecule has 2 aromatic carbocycles. The van der Waals surface area contributed by atoms with E-state index in [0.29, 0.717) is 27.0 Å². The lowest BCUT2D eigenvalue weighted by molar-refractivity contribution is 0.0762. The molecule has 5 nitrogen and oxygen atoms in total. The van der Waals surface area contributed by atoms with Crippen molar-refractivity contribution in [3.05, 3.63) is 58.1 Å². The van der Waals surface area contributed by atoms with Crippen molar-refractivity contribution >= 4 is 33.4 Å². The Morgan fingerprint density at radius 1 is 1.04 bits per heavy atom. The molecule has 3 rings (SSSR count). The van der Waals surface area contributed by atoms with Gasteiger partial charge < -0.3 is 15.0 Å².